The van der Waals surface area contributed by atoms with Crippen LogP contribution < -0.4 is 0 Å². The van der Waals surface area contributed by atoms with E-state index in [-0.39, 0.29) is 0 Å². The third-order valence-corrected chi connectivity index (χ3v) is 5.74. The van der Waals surface area contributed by atoms with Crippen LogP contribution in [0.3, 0.4) is 0 Å². The molecule has 0 fully saturated rings. The Morgan fingerprint density at radius 2 is 1.85 bits per heavy atom. The van der Waals surface area contributed by atoms with E-state index in [0.717, 1.165) is 5.25 Å². The third kappa shape index (κ3) is 2.48. The van der Waals surface area contributed by atoms with Gasteiger partial charge in [0.25, 0.3) is 0 Å². The lowest BCUT2D eigenvalue weighted by atomic mass is 9.93. The van der Waals surface area contributed by atoms with Gasteiger partial charge >= 0.3 is 0 Å². The zero-order valence-corrected chi connectivity index (χ0v) is 13.4. The molecule has 1 aromatic rings. The molecule has 0 saturated carbocycles. The van der Waals surface area contributed by atoms with Crippen molar-refractivity contribution in [2.24, 2.45) is 0 Å². The maximum Gasteiger partial charge on any atom is 0.0313 e. The fourth-order valence-electron chi connectivity index (χ4n) is 3.28. The minimum absolute atomic E-state index is 0.746. The fourth-order valence-corrected chi connectivity index (χ4v) is 4.81. The standard InChI is InChI=1S/C19H24S/c1-3-5-10-16-17(12-6-4-2)20-18-13-14-9-7-8-11-15(14)19(16)18/h7-9,11,13,17H,3-6,10,12H2,1-2H3. The molecule has 1 heteroatoms. The van der Waals surface area contributed by atoms with Crippen LogP contribution in [0.15, 0.2) is 34.7 Å². The zero-order chi connectivity index (χ0) is 13.9. The van der Waals surface area contributed by atoms with Crippen molar-refractivity contribution in [2.75, 3.05) is 0 Å². The first-order valence-corrected chi connectivity index (χ1v) is 8.94. The van der Waals surface area contributed by atoms with Gasteiger partial charge in [0.05, 0.1) is 0 Å². The highest BCUT2D eigenvalue weighted by atomic mass is 32.2. The fraction of sp³-hybridized carbons (Fsp3) is 0.474. The van der Waals surface area contributed by atoms with E-state index in [9.17, 15) is 0 Å². The van der Waals surface area contributed by atoms with E-state index in [1.807, 2.05) is 0 Å². The van der Waals surface area contributed by atoms with Gasteiger partial charge in [-0.15, -0.1) is 11.8 Å². The average molecular weight is 284 g/mol. The molecule has 1 heterocycles. The first kappa shape index (κ1) is 14.0. The van der Waals surface area contributed by atoms with Gasteiger partial charge in [-0.1, -0.05) is 57.4 Å². The molecular formula is C19H24S. The molecule has 0 aromatic heterocycles. The number of hydrogen-bond acceptors (Lipinski definition) is 1. The molecule has 1 unspecified atom stereocenters. The maximum atomic E-state index is 2.41. The molecule has 0 spiro atoms. The lowest BCUT2D eigenvalue weighted by Crippen LogP contribution is -2.04. The molecule has 106 valence electrons. The van der Waals surface area contributed by atoms with Crippen LogP contribution in [0.25, 0.3) is 11.6 Å². The van der Waals surface area contributed by atoms with Gasteiger partial charge in [0.2, 0.25) is 0 Å². The topological polar surface area (TPSA) is 0 Å². The van der Waals surface area contributed by atoms with E-state index in [2.05, 4.69) is 56.0 Å². The summed E-state index contributed by atoms with van der Waals surface area (Å²) in [6.07, 6.45) is 10.3. The Morgan fingerprint density at radius 3 is 2.65 bits per heavy atom. The summed E-state index contributed by atoms with van der Waals surface area (Å²) in [6.45, 7) is 4.60. The number of thioether (sulfide) groups is 1. The quantitative estimate of drug-likeness (QED) is 0.591. The molecule has 20 heavy (non-hydrogen) atoms. The molecule has 1 atom stereocenters. The minimum Gasteiger partial charge on any atom is -0.118 e. The molecule has 0 bridgehead atoms. The minimum atomic E-state index is 0.746. The van der Waals surface area contributed by atoms with Crippen LogP contribution in [-0.2, 0) is 0 Å². The largest absolute Gasteiger partial charge is 0.118 e. The molecule has 0 amide bonds. The van der Waals surface area contributed by atoms with Crippen molar-refractivity contribution < 1.29 is 0 Å². The van der Waals surface area contributed by atoms with E-state index in [0.29, 0.717) is 0 Å². The van der Waals surface area contributed by atoms with Gasteiger partial charge in [-0.05, 0) is 47.6 Å². The van der Waals surface area contributed by atoms with E-state index < -0.39 is 0 Å². The van der Waals surface area contributed by atoms with Gasteiger partial charge in [0.1, 0.15) is 0 Å². The first-order valence-electron chi connectivity index (χ1n) is 8.06. The first-order chi connectivity index (χ1) is 9.85. The molecule has 1 aliphatic heterocycles. The molecule has 0 radical (unpaired) electrons. The summed E-state index contributed by atoms with van der Waals surface area (Å²) in [4.78, 5) is 1.54. The Bertz CT molecular complexity index is 551. The number of benzene rings is 1. The van der Waals surface area contributed by atoms with Crippen molar-refractivity contribution in [3.63, 3.8) is 0 Å². The van der Waals surface area contributed by atoms with Crippen molar-refractivity contribution in [3.8, 4) is 0 Å². The second-order valence-corrected chi connectivity index (χ2v) is 7.09. The van der Waals surface area contributed by atoms with Crippen LogP contribution in [0.5, 0.6) is 0 Å². The predicted octanol–water partition coefficient (Wildman–Crippen LogP) is 6.29. The smallest absolute Gasteiger partial charge is 0.0313 e. The number of hydrogen-bond donors (Lipinski definition) is 0. The summed E-state index contributed by atoms with van der Waals surface area (Å²) in [5, 5.41) is 0.746. The Kier molecular flexibility index (Phi) is 4.35. The van der Waals surface area contributed by atoms with E-state index in [1.165, 1.54) is 49.7 Å². The van der Waals surface area contributed by atoms with Gasteiger partial charge in [0.15, 0.2) is 0 Å². The predicted molar refractivity (Wildman–Crippen MR) is 91.8 cm³/mol. The van der Waals surface area contributed by atoms with Crippen LogP contribution in [0.2, 0.25) is 0 Å². The summed E-state index contributed by atoms with van der Waals surface area (Å²) in [6, 6.07) is 8.90. The monoisotopic (exact) mass is 284 g/mol. The molecule has 1 aromatic carbocycles. The van der Waals surface area contributed by atoms with Gasteiger partial charge in [-0.25, -0.2) is 0 Å². The molecule has 1 aliphatic carbocycles. The van der Waals surface area contributed by atoms with Gasteiger partial charge < -0.3 is 0 Å². The number of allylic oxidation sites excluding steroid dienone is 1. The summed E-state index contributed by atoms with van der Waals surface area (Å²) >= 11 is 2.12. The Labute approximate surface area is 127 Å². The molecule has 0 N–H and O–H groups in total. The second kappa shape index (κ2) is 6.22. The van der Waals surface area contributed by atoms with Crippen LogP contribution in [0.1, 0.15) is 63.5 Å². The second-order valence-electron chi connectivity index (χ2n) is 5.85. The summed E-state index contributed by atoms with van der Waals surface area (Å²) in [5.41, 5.74) is 6.25. The molecule has 0 nitrogen and oxygen atoms in total. The van der Waals surface area contributed by atoms with Crippen molar-refractivity contribution >= 4 is 23.4 Å². The average Bonchev–Trinajstić information content (AvgIpc) is 2.98. The molecular weight excluding hydrogens is 260 g/mol. The maximum absolute atomic E-state index is 2.41. The number of unbranched alkanes of at least 4 members (excludes halogenated alkanes) is 2. The highest BCUT2D eigenvalue weighted by Crippen LogP contribution is 2.54. The van der Waals surface area contributed by atoms with Crippen LogP contribution in [0.4, 0.5) is 0 Å². The third-order valence-electron chi connectivity index (χ3n) is 4.36. The lowest BCUT2D eigenvalue weighted by molar-refractivity contribution is 0.693. The molecule has 0 saturated heterocycles. The summed E-state index contributed by atoms with van der Waals surface area (Å²) < 4.78 is 0. The molecule has 2 aliphatic rings. The summed E-state index contributed by atoms with van der Waals surface area (Å²) in [7, 11) is 0. The highest BCUT2D eigenvalue weighted by Gasteiger charge is 2.33. The van der Waals surface area contributed by atoms with E-state index >= 15 is 0 Å². The van der Waals surface area contributed by atoms with E-state index in [4.69, 9.17) is 0 Å². The van der Waals surface area contributed by atoms with Crippen molar-refractivity contribution in [3.05, 3.63) is 45.9 Å². The normalized spacial score (nSPS) is 20.1. The van der Waals surface area contributed by atoms with Crippen LogP contribution >= 0.6 is 11.8 Å². The SMILES string of the molecule is CCCCC1=C2C(=Cc3ccccc32)SC1CCCC. The van der Waals surface area contributed by atoms with Gasteiger partial charge in [-0.2, -0.15) is 0 Å². The van der Waals surface area contributed by atoms with Gasteiger partial charge in [0, 0.05) is 10.2 Å². The zero-order valence-electron chi connectivity index (χ0n) is 12.6. The van der Waals surface area contributed by atoms with Gasteiger partial charge in [-0.3, -0.25) is 0 Å². The molecule has 3 rings (SSSR count). The summed E-state index contributed by atoms with van der Waals surface area (Å²) in [5.74, 6) is 0. The van der Waals surface area contributed by atoms with Crippen molar-refractivity contribution in [1.29, 1.82) is 0 Å². The van der Waals surface area contributed by atoms with Crippen LogP contribution in [-0.4, -0.2) is 5.25 Å². The number of fused-ring (bicyclic) bond motifs is 3. The Hall–Kier alpha value is -0.950. The Balaban J connectivity index is 1.95. The number of rotatable bonds is 6. The lowest BCUT2D eigenvalue weighted by Gasteiger charge is -2.15. The van der Waals surface area contributed by atoms with Crippen molar-refractivity contribution in [2.45, 2.75) is 57.6 Å². The highest BCUT2D eigenvalue weighted by molar-refractivity contribution is 8.05. The van der Waals surface area contributed by atoms with Crippen LogP contribution in [0, 0.1) is 0 Å². The Morgan fingerprint density at radius 1 is 1.05 bits per heavy atom. The van der Waals surface area contributed by atoms with Crippen molar-refractivity contribution in [1.82, 2.24) is 0 Å². The van der Waals surface area contributed by atoms with E-state index in [1.54, 1.807) is 16.1 Å².